The summed E-state index contributed by atoms with van der Waals surface area (Å²) in [6, 6.07) is 18.2. The Morgan fingerprint density at radius 3 is 2.20 bits per heavy atom. The van der Waals surface area contributed by atoms with Crippen LogP contribution in [0.3, 0.4) is 0 Å². The quantitative estimate of drug-likeness (QED) is 0.851. The lowest BCUT2D eigenvalue weighted by molar-refractivity contribution is 0.600. The zero-order valence-corrected chi connectivity index (χ0v) is 15.0. The Morgan fingerprint density at radius 2 is 1.56 bits per heavy atom. The van der Waals surface area contributed by atoms with E-state index in [1.807, 2.05) is 48.6 Å². The minimum Gasteiger partial charge on any atom is -0.352 e. The number of sulfone groups is 1. The molecule has 0 unspecified atom stereocenters. The van der Waals surface area contributed by atoms with E-state index in [0.29, 0.717) is 0 Å². The number of allylic oxidation sites excluding steroid dienone is 4. The number of rotatable bonds is 5. The van der Waals surface area contributed by atoms with Crippen molar-refractivity contribution in [1.82, 2.24) is 5.32 Å². The highest BCUT2D eigenvalue weighted by Gasteiger charge is 2.27. The molecule has 0 amide bonds. The summed E-state index contributed by atoms with van der Waals surface area (Å²) < 4.78 is 26.6. The van der Waals surface area contributed by atoms with Crippen LogP contribution in [-0.4, -0.2) is 8.42 Å². The van der Waals surface area contributed by atoms with Gasteiger partial charge in [-0.1, -0.05) is 68.0 Å². The summed E-state index contributed by atoms with van der Waals surface area (Å²) in [5, 5.41) is 3.25. The van der Waals surface area contributed by atoms with Crippen molar-refractivity contribution in [2.75, 3.05) is 0 Å². The van der Waals surface area contributed by atoms with Crippen molar-refractivity contribution < 1.29 is 8.42 Å². The van der Waals surface area contributed by atoms with Gasteiger partial charge in [0.25, 0.3) is 0 Å². The Hall–Kier alpha value is -2.59. The summed E-state index contributed by atoms with van der Waals surface area (Å²) in [7, 11) is -3.66. The van der Waals surface area contributed by atoms with Crippen LogP contribution in [-0.2, 0) is 9.84 Å². The Morgan fingerprint density at radius 1 is 0.920 bits per heavy atom. The predicted octanol–water partition coefficient (Wildman–Crippen LogP) is 4.67. The number of hydrogen-bond donors (Lipinski definition) is 1. The van der Waals surface area contributed by atoms with E-state index in [1.165, 1.54) is 0 Å². The summed E-state index contributed by atoms with van der Waals surface area (Å²) in [5.74, 6) is 0. The SMILES string of the molecule is CCCC1=CC=CNC(S(=O)(=O)c2ccccc2)=C1c1ccccc1. The second-order valence-electron chi connectivity index (χ2n) is 5.83. The molecule has 0 atom stereocenters. The Kier molecular flexibility index (Phi) is 5.19. The molecule has 3 nitrogen and oxygen atoms in total. The predicted molar refractivity (Wildman–Crippen MR) is 102 cm³/mol. The molecule has 3 rings (SSSR count). The topological polar surface area (TPSA) is 46.2 Å². The largest absolute Gasteiger partial charge is 0.352 e. The van der Waals surface area contributed by atoms with E-state index in [4.69, 9.17) is 0 Å². The molecular formula is C21H21NO2S. The van der Waals surface area contributed by atoms with Gasteiger partial charge in [-0.2, -0.15) is 0 Å². The average Bonchev–Trinajstić information content (AvgIpc) is 2.86. The molecule has 0 bridgehead atoms. The summed E-state index contributed by atoms with van der Waals surface area (Å²) in [6.45, 7) is 2.09. The smallest absolute Gasteiger partial charge is 0.222 e. The van der Waals surface area contributed by atoms with Crippen LogP contribution < -0.4 is 5.32 Å². The maximum absolute atomic E-state index is 13.3. The van der Waals surface area contributed by atoms with Crippen LogP contribution in [0.1, 0.15) is 25.3 Å². The third-order valence-corrected chi connectivity index (χ3v) is 5.81. The Balaban J connectivity index is 2.27. The average molecular weight is 351 g/mol. The van der Waals surface area contributed by atoms with Crippen molar-refractivity contribution in [2.45, 2.75) is 24.7 Å². The van der Waals surface area contributed by atoms with Crippen LogP contribution in [0, 0.1) is 0 Å². The molecule has 4 heteroatoms. The zero-order valence-electron chi connectivity index (χ0n) is 14.1. The van der Waals surface area contributed by atoms with Crippen LogP contribution in [0.15, 0.2) is 94.5 Å². The van der Waals surface area contributed by atoms with Gasteiger partial charge in [0.05, 0.1) is 4.90 Å². The van der Waals surface area contributed by atoms with Crippen LogP contribution in [0.2, 0.25) is 0 Å². The summed E-state index contributed by atoms with van der Waals surface area (Å²) >= 11 is 0. The highest BCUT2D eigenvalue weighted by atomic mass is 32.2. The molecule has 2 aromatic rings. The fourth-order valence-corrected chi connectivity index (χ4v) is 4.41. The monoisotopic (exact) mass is 351 g/mol. The molecule has 2 aromatic carbocycles. The fourth-order valence-electron chi connectivity index (χ4n) is 2.92. The van der Waals surface area contributed by atoms with Crippen molar-refractivity contribution in [1.29, 1.82) is 0 Å². The molecule has 1 aliphatic heterocycles. The normalized spacial score (nSPS) is 14.7. The number of nitrogens with one attached hydrogen (secondary N) is 1. The third-order valence-electron chi connectivity index (χ3n) is 4.06. The molecule has 0 saturated carbocycles. The highest BCUT2D eigenvalue weighted by Crippen LogP contribution is 2.34. The van der Waals surface area contributed by atoms with Gasteiger partial charge in [0.2, 0.25) is 9.84 Å². The van der Waals surface area contributed by atoms with E-state index in [2.05, 4.69) is 12.2 Å². The van der Waals surface area contributed by atoms with Gasteiger partial charge in [-0.05, 0) is 35.8 Å². The molecule has 1 heterocycles. The van der Waals surface area contributed by atoms with E-state index in [9.17, 15) is 8.42 Å². The van der Waals surface area contributed by atoms with Gasteiger partial charge in [-0.25, -0.2) is 8.42 Å². The van der Waals surface area contributed by atoms with Gasteiger partial charge in [0.1, 0.15) is 5.03 Å². The third kappa shape index (κ3) is 3.59. The zero-order chi connectivity index (χ0) is 17.7. The van der Waals surface area contributed by atoms with E-state index in [0.717, 1.165) is 29.6 Å². The van der Waals surface area contributed by atoms with E-state index in [-0.39, 0.29) is 9.92 Å². The first-order valence-electron chi connectivity index (χ1n) is 8.37. The molecule has 0 saturated heterocycles. The Labute approximate surface area is 149 Å². The lowest BCUT2D eigenvalue weighted by atomic mass is 9.95. The van der Waals surface area contributed by atoms with E-state index in [1.54, 1.807) is 30.5 Å². The van der Waals surface area contributed by atoms with E-state index < -0.39 is 9.84 Å². The van der Waals surface area contributed by atoms with Gasteiger partial charge in [0, 0.05) is 11.8 Å². The molecule has 1 aliphatic rings. The number of benzene rings is 2. The lowest BCUT2D eigenvalue weighted by Gasteiger charge is -2.17. The van der Waals surface area contributed by atoms with Crippen molar-refractivity contribution in [3.05, 3.63) is 95.2 Å². The molecule has 0 spiro atoms. The van der Waals surface area contributed by atoms with Crippen LogP contribution >= 0.6 is 0 Å². The molecule has 0 aromatic heterocycles. The standard InChI is InChI=1S/C21H21NO2S/c1-2-10-17-13-9-16-22-21(20(17)18-11-5-3-6-12-18)25(23,24)19-14-7-4-8-15-19/h3-9,11-16,22H,2,10H2,1H3. The molecule has 0 aliphatic carbocycles. The Bertz CT molecular complexity index is 924. The maximum atomic E-state index is 13.3. The van der Waals surface area contributed by atoms with Crippen molar-refractivity contribution in [3.8, 4) is 0 Å². The van der Waals surface area contributed by atoms with Crippen molar-refractivity contribution in [2.24, 2.45) is 0 Å². The van der Waals surface area contributed by atoms with Gasteiger partial charge in [0.15, 0.2) is 0 Å². The van der Waals surface area contributed by atoms with E-state index >= 15 is 0 Å². The second kappa shape index (κ2) is 7.53. The molecule has 1 N–H and O–H groups in total. The molecule has 128 valence electrons. The molecule has 0 fully saturated rings. The minimum absolute atomic E-state index is 0.235. The van der Waals surface area contributed by atoms with Crippen molar-refractivity contribution in [3.63, 3.8) is 0 Å². The first-order chi connectivity index (χ1) is 12.1. The van der Waals surface area contributed by atoms with Crippen molar-refractivity contribution >= 4 is 15.4 Å². The van der Waals surface area contributed by atoms with Gasteiger partial charge in [-0.15, -0.1) is 0 Å². The number of hydrogen-bond acceptors (Lipinski definition) is 3. The minimum atomic E-state index is -3.66. The highest BCUT2D eigenvalue weighted by molar-refractivity contribution is 7.95. The summed E-state index contributed by atoms with van der Waals surface area (Å²) in [4.78, 5) is 0.289. The van der Waals surface area contributed by atoms with Gasteiger partial charge >= 0.3 is 0 Å². The molecule has 25 heavy (non-hydrogen) atoms. The molecular weight excluding hydrogens is 330 g/mol. The summed E-state index contributed by atoms with van der Waals surface area (Å²) in [5.41, 5.74) is 2.66. The first kappa shape index (κ1) is 17.2. The fraction of sp³-hybridized carbons (Fsp3) is 0.143. The second-order valence-corrected chi connectivity index (χ2v) is 7.72. The summed E-state index contributed by atoms with van der Waals surface area (Å²) in [6.07, 6.45) is 7.29. The van der Waals surface area contributed by atoms with Crippen LogP contribution in [0.4, 0.5) is 0 Å². The lowest BCUT2D eigenvalue weighted by Crippen LogP contribution is -2.18. The molecule has 0 radical (unpaired) electrons. The van der Waals surface area contributed by atoms with Crippen LogP contribution in [0.5, 0.6) is 0 Å². The van der Waals surface area contributed by atoms with Gasteiger partial charge < -0.3 is 5.32 Å². The van der Waals surface area contributed by atoms with Crippen LogP contribution in [0.25, 0.3) is 5.57 Å². The maximum Gasteiger partial charge on any atom is 0.222 e. The van der Waals surface area contributed by atoms with Gasteiger partial charge in [-0.3, -0.25) is 0 Å². The first-order valence-corrected chi connectivity index (χ1v) is 9.85.